The third-order valence-electron chi connectivity index (χ3n) is 3.31. The molecular weight excluding hydrogens is 276 g/mol. The minimum atomic E-state index is -3.28. The fourth-order valence-corrected chi connectivity index (χ4v) is 2.28. The maximum atomic E-state index is 12.0. The van der Waals surface area contributed by atoms with Crippen molar-refractivity contribution in [1.29, 1.82) is 0 Å². The van der Waals surface area contributed by atoms with Crippen LogP contribution in [0, 0.1) is 0 Å². The van der Waals surface area contributed by atoms with Crippen LogP contribution in [0.1, 0.15) is 37.0 Å². The SMILES string of the molecule is CCC(CC)NC(=O)c1ccc(N(C)S(C)(=O)=O)cc1. The van der Waals surface area contributed by atoms with E-state index in [2.05, 4.69) is 5.32 Å². The number of nitrogens with zero attached hydrogens (tertiary/aromatic N) is 1. The van der Waals surface area contributed by atoms with Gasteiger partial charge in [0.1, 0.15) is 0 Å². The molecule has 0 unspecified atom stereocenters. The van der Waals surface area contributed by atoms with Crippen LogP contribution in [0.4, 0.5) is 5.69 Å². The normalized spacial score (nSPS) is 11.4. The number of hydrogen-bond acceptors (Lipinski definition) is 3. The molecule has 0 fully saturated rings. The smallest absolute Gasteiger partial charge is 0.251 e. The van der Waals surface area contributed by atoms with Gasteiger partial charge in [-0.2, -0.15) is 0 Å². The Morgan fingerprint density at radius 1 is 1.20 bits per heavy atom. The van der Waals surface area contributed by atoms with Gasteiger partial charge >= 0.3 is 0 Å². The molecule has 6 heteroatoms. The number of carbonyl (C=O) groups is 1. The summed E-state index contributed by atoms with van der Waals surface area (Å²) < 4.78 is 24.0. The first kappa shape index (κ1) is 16.5. The summed E-state index contributed by atoms with van der Waals surface area (Å²) in [7, 11) is -1.80. The number of carbonyl (C=O) groups excluding carboxylic acids is 1. The van der Waals surface area contributed by atoms with Crippen molar-refractivity contribution in [3.63, 3.8) is 0 Å². The van der Waals surface area contributed by atoms with Gasteiger partial charge in [-0.15, -0.1) is 0 Å². The van der Waals surface area contributed by atoms with Crippen molar-refractivity contribution >= 4 is 21.6 Å². The Labute approximate surface area is 121 Å². The Balaban J connectivity index is 2.84. The lowest BCUT2D eigenvalue weighted by atomic mass is 10.1. The number of sulfonamides is 1. The lowest BCUT2D eigenvalue weighted by Gasteiger charge is -2.17. The summed E-state index contributed by atoms with van der Waals surface area (Å²) >= 11 is 0. The minimum absolute atomic E-state index is 0.132. The standard InChI is InChI=1S/C14H22N2O3S/c1-5-12(6-2)15-14(17)11-7-9-13(10-8-11)16(3)20(4,18)19/h7-10,12H,5-6H2,1-4H3,(H,15,17). The first-order valence-electron chi connectivity index (χ1n) is 6.64. The first-order valence-corrected chi connectivity index (χ1v) is 8.49. The molecular formula is C14H22N2O3S. The topological polar surface area (TPSA) is 66.5 Å². The Morgan fingerprint density at radius 3 is 2.10 bits per heavy atom. The van der Waals surface area contributed by atoms with Gasteiger partial charge in [0.15, 0.2) is 0 Å². The highest BCUT2D eigenvalue weighted by molar-refractivity contribution is 7.92. The van der Waals surface area contributed by atoms with Crippen molar-refractivity contribution in [2.24, 2.45) is 0 Å². The quantitative estimate of drug-likeness (QED) is 0.873. The summed E-state index contributed by atoms with van der Waals surface area (Å²) in [6, 6.07) is 6.69. The van der Waals surface area contributed by atoms with E-state index in [1.165, 1.54) is 11.4 Å². The highest BCUT2D eigenvalue weighted by Gasteiger charge is 2.14. The lowest BCUT2D eigenvalue weighted by molar-refractivity contribution is 0.0935. The van der Waals surface area contributed by atoms with Crippen molar-refractivity contribution in [2.75, 3.05) is 17.6 Å². The first-order chi connectivity index (χ1) is 9.29. The zero-order valence-corrected chi connectivity index (χ0v) is 13.2. The summed E-state index contributed by atoms with van der Waals surface area (Å²) in [6.45, 7) is 4.05. The third-order valence-corrected chi connectivity index (χ3v) is 4.52. The summed E-state index contributed by atoms with van der Waals surface area (Å²) in [6.07, 6.45) is 2.91. The second-order valence-corrected chi connectivity index (χ2v) is 6.78. The van der Waals surface area contributed by atoms with Crippen molar-refractivity contribution in [3.8, 4) is 0 Å². The zero-order chi connectivity index (χ0) is 15.3. The summed E-state index contributed by atoms with van der Waals surface area (Å²) in [4.78, 5) is 12.0. The molecule has 1 aromatic rings. The summed E-state index contributed by atoms with van der Waals surface area (Å²) in [5, 5.41) is 2.94. The van der Waals surface area contributed by atoms with Crippen LogP contribution in [-0.4, -0.2) is 33.7 Å². The lowest BCUT2D eigenvalue weighted by Crippen LogP contribution is -2.33. The Kier molecular flexibility index (Phi) is 5.56. The molecule has 0 saturated carbocycles. The molecule has 0 bridgehead atoms. The fourth-order valence-electron chi connectivity index (χ4n) is 1.78. The summed E-state index contributed by atoms with van der Waals surface area (Å²) in [5.74, 6) is -0.132. The van der Waals surface area contributed by atoms with Crippen LogP contribution in [-0.2, 0) is 10.0 Å². The predicted molar refractivity (Wildman–Crippen MR) is 81.5 cm³/mol. The Morgan fingerprint density at radius 2 is 1.70 bits per heavy atom. The number of benzene rings is 1. The second-order valence-electron chi connectivity index (χ2n) is 4.76. The Bertz CT molecular complexity index is 548. The molecule has 0 aliphatic heterocycles. The molecule has 0 spiro atoms. The second kappa shape index (κ2) is 6.74. The van der Waals surface area contributed by atoms with Crippen LogP contribution < -0.4 is 9.62 Å². The van der Waals surface area contributed by atoms with Gasteiger partial charge in [-0.3, -0.25) is 9.10 Å². The fraction of sp³-hybridized carbons (Fsp3) is 0.500. The molecule has 0 aliphatic carbocycles. The molecule has 1 aromatic carbocycles. The van der Waals surface area contributed by atoms with E-state index in [1.807, 2.05) is 13.8 Å². The number of hydrogen-bond donors (Lipinski definition) is 1. The average Bonchev–Trinajstić information content (AvgIpc) is 2.42. The van der Waals surface area contributed by atoms with Crippen molar-refractivity contribution < 1.29 is 13.2 Å². The van der Waals surface area contributed by atoms with Crippen molar-refractivity contribution in [1.82, 2.24) is 5.32 Å². The number of nitrogens with one attached hydrogen (secondary N) is 1. The molecule has 0 heterocycles. The van der Waals surface area contributed by atoms with E-state index in [0.29, 0.717) is 11.3 Å². The maximum absolute atomic E-state index is 12.0. The van der Waals surface area contributed by atoms with Crippen molar-refractivity contribution in [3.05, 3.63) is 29.8 Å². The molecule has 0 aliphatic rings. The molecule has 20 heavy (non-hydrogen) atoms. The number of amides is 1. The monoisotopic (exact) mass is 298 g/mol. The predicted octanol–water partition coefficient (Wildman–Crippen LogP) is 2.00. The minimum Gasteiger partial charge on any atom is -0.349 e. The van der Waals surface area contributed by atoms with Crippen LogP contribution in [0.3, 0.4) is 0 Å². The highest BCUT2D eigenvalue weighted by atomic mass is 32.2. The van der Waals surface area contributed by atoms with Crippen LogP contribution in [0.2, 0.25) is 0 Å². The van der Waals surface area contributed by atoms with Gasteiger partial charge in [0, 0.05) is 18.7 Å². The van der Waals surface area contributed by atoms with Gasteiger partial charge < -0.3 is 5.32 Å². The average molecular weight is 298 g/mol. The van der Waals surface area contributed by atoms with Gasteiger partial charge in [-0.05, 0) is 37.1 Å². The van der Waals surface area contributed by atoms with E-state index in [1.54, 1.807) is 24.3 Å². The largest absolute Gasteiger partial charge is 0.349 e. The van der Waals surface area contributed by atoms with E-state index in [4.69, 9.17) is 0 Å². The van der Waals surface area contributed by atoms with Gasteiger partial charge in [0.25, 0.3) is 5.91 Å². The Hall–Kier alpha value is -1.56. The van der Waals surface area contributed by atoms with Crippen LogP contribution in [0.25, 0.3) is 0 Å². The van der Waals surface area contributed by atoms with Crippen LogP contribution >= 0.6 is 0 Å². The molecule has 5 nitrogen and oxygen atoms in total. The van der Waals surface area contributed by atoms with E-state index in [0.717, 1.165) is 19.1 Å². The van der Waals surface area contributed by atoms with Crippen molar-refractivity contribution in [2.45, 2.75) is 32.7 Å². The molecule has 0 radical (unpaired) electrons. The molecule has 0 saturated heterocycles. The third kappa shape index (κ3) is 4.23. The van der Waals surface area contributed by atoms with E-state index < -0.39 is 10.0 Å². The molecule has 0 aromatic heterocycles. The maximum Gasteiger partial charge on any atom is 0.251 e. The highest BCUT2D eigenvalue weighted by Crippen LogP contribution is 2.16. The molecule has 1 amide bonds. The van der Waals surface area contributed by atoms with E-state index in [9.17, 15) is 13.2 Å². The molecule has 1 rings (SSSR count). The molecule has 112 valence electrons. The molecule has 1 N–H and O–H groups in total. The van der Waals surface area contributed by atoms with E-state index in [-0.39, 0.29) is 11.9 Å². The van der Waals surface area contributed by atoms with Gasteiger partial charge in [-0.1, -0.05) is 13.8 Å². The number of anilines is 1. The molecule has 0 atom stereocenters. The van der Waals surface area contributed by atoms with Crippen LogP contribution in [0.15, 0.2) is 24.3 Å². The summed E-state index contributed by atoms with van der Waals surface area (Å²) in [5.41, 5.74) is 1.06. The van der Waals surface area contributed by atoms with Gasteiger partial charge in [0.2, 0.25) is 10.0 Å². The van der Waals surface area contributed by atoms with Gasteiger partial charge in [-0.25, -0.2) is 8.42 Å². The van der Waals surface area contributed by atoms with Gasteiger partial charge in [0.05, 0.1) is 11.9 Å². The van der Waals surface area contributed by atoms with E-state index >= 15 is 0 Å². The number of rotatable bonds is 6. The van der Waals surface area contributed by atoms with Crippen LogP contribution in [0.5, 0.6) is 0 Å². The zero-order valence-electron chi connectivity index (χ0n) is 12.4.